The van der Waals surface area contributed by atoms with Crippen molar-refractivity contribution in [1.82, 2.24) is 10.3 Å². The van der Waals surface area contributed by atoms with Crippen molar-refractivity contribution in [2.75, 3.05) is 36.9 Å². The molecule has 0 aliphatic carbocycles. The number of ether oxygens (including phenoxy) is 1. The van der Waals surface area contributed by atoms with E-state index >= 15 is 0 Å². The minimum absolute atomic E-state index is 0.369. The molecule has 0 amide bonds. The van der Waals surface area contributed by atoms with E-state index < -0.39 is 0 Å². The molecule has 0 aromatic carbocycles. The zero-order chi connectivity index (χ0) is 11.8. The van der Waals surface area contributed by atoms with Crippen LogP contribution in [0, 0.1) is 0 Å². The molecule has 5 nitrogen and oxygen atoms in total. The maximum atomic E-state index is 5.98. The van der Waals surface area contributed by atoms with E-state index in [1.807, 2.05) is 0 Å². The Morgan fingerprint density at radius 1 is 1.59 bits per heavy atom. The first kappa shape index (κ1) is 10.9. The number of aromatic nitrogens is 1. The van der Waals surface area contributed by atoms with Crippen LogP contribution >= 0.6 is 11.6 Å². The lowest BCUT2D eigenvalue weighted by Gasteiger charge is -2.35. The van der Waals surface area contributed by atoms with Crippen LogP contribution in [0.5, 0.6) is 5.75 Å². The lowest BCUT2D eigenvalue weighted by Crippen LogP contribution is -2.51. The fourth-order valence-corrected chi connectivity index (χ4v) is 2.53. The highest BCUT2D eigenvalue weighted by Crippen LogP contribution is 2.36. The van der Waals surface area contributed by atoms with Gasteiger partial charge in [0.05, 0.1) is 11.6 Å². The molecule has 1 saturated heterocycles. The Labute approximate surface area is 105 Å². The predicted molar refractivity (Wildman–Crippen MR) is 67.8 cm³/mol. The van der Waals surface area contributed by atoms with Gasteiger partial charge in [-0.25, -0.2) is 4.98 Å². The summed E-state index contributed by atoms with van der Waals surface area (Å²) in [6.45, 7) is 3.54. The number of nitrogen functional groups attached to an aromatic ring is 1. The number of hydrogen-bond donors (Lipinski definition) is 2. The summed E-state index contributed by atoms with van der Waals surface area (Å²) in [7, 11) is 0. The zero-order valence-corrected chi connectivity index (χ0v) is 10.2. The number of nitrogens with zero attached hydrogens (tertiary/aromatic N) is 2. The summed E-state index contributed by atoms with van der Waals surface area (Å²) >= 11 is 5.98. The summed E-state index contributed by atoms with van der Waals surface area (Å²) in [6, 6.07) is 2.20. The Bertz CT molecular complexity index is 440. The third-order valence-electron chi connectivity index (χ3n) is 3.28. The minimum atomic E-state index is 0.369. The smallest absolute Gasteiger partial charge is 0.173 e. The molecule has 0 bridgehead atoms. The maximum Gasteiger partial charge on any atom is 0.173 e. The zero-order valence-electron chi connectivity index (χ0n) is 9.45. The van der Waals surface area contributed by atoms with Crippen LogP contribution in [0.25, 0.3) is 0 Å². The number of anilines is 2. The van der Waals surface area contributed by atoms with E-state index in [1.54, 1.807) is 6.07 Å². The molecule has 2 aliphatic heterocycles. The second-order valence-corrected chi connectivity index (χ2v) is 4.77. The quantitative estimate of drug-likeness (QED) is 0.720. The summed E-state index contributed by atoms with van der Waals surface area (Å²) in [5.74, 6) is 1.94. The number of fused-ring (bicyclic) bond motifs is 3. The lowest BCUT2D eigenvalue weighted by atomic mass is 10.1. The number of hydrogen-bond acceptors (Lipinski definition) is 5. The maximum absolute atomic E-state index is 5.98. The lowest BCUT2D eigenvalue weighted by molar-refractivity contribution is 0.303. The standard InChI is InChI=1S/C11H15ClN4O/c12-8-5-9-11(15-10(8)13)16-3-2-14-6-7(16)1-4-17-9/h5,7,14H,1-4,6H2,(H2,13,15)/t7-/m0/s1. The van der Waals surface area contributed by atoms with Crippen molar-refractivity contribution in [3.63, 3.8) is 0 Å². The molecule has 3 heterocycles. The van der Waals surface area contributed by atoms with Gasteiger partial charge in [-0.15, -0.1) is 0 Å². The second kappa shape index (κ2) is 4.23. The highest BCUT2D eigenvalue weighted by molar-refractivity contribution is 6.33. The monoisotopic (exact) mass is 254 g/mol. The molecule has 0 radical (unpaired) electrons. The van der Waals surface area contributed by atoms with Crippen LogP contribution < -0.4 is 20.7 Å². The third kappa shape index (κ3) is 1.89. The first-order chi connectivity index (χ1) is 8.25. The van der Waals surface area contributed by atoms with E-state index in [-0.39, 0.29) is 0 Å². The van der Waals surface area contributed by atoms with Crippen molar-refractivity contribution in [2.45, 2.75) is 12.5 Å². The summed E-state index contributed by atoms with van der Waals surface area (Å²) in [4.78, 5) is 6.65. The van der Waals surface area contributed by atoms with Crippen LogP contribution in [0.4, 0.5) is 11.6 Å². The van der Waals surface area contributed by atoms with Gasteiger partial charge in [0.25, 0.3) is 0 Å². The molecule has 1 aromatic rings. The van der Waals surface area contributed by atoms with Crippen molar-refractivity contribution >= 4 is 23.2 Å². The Hall–Kier alpha value is -1.20. The van der Waals surface area contributed by atoms with E-state index in [4.69, 9.17) is 22.1 Å². The number of nitrogens with two attached hydrogens (primary N) is 1. The van der Waals surface area contributed by atoms with Gasteiger partial charge >= 0.3 is 0 Å². The topological polar surface area (TPSA) is 63.4 Å². The molecule has 1 fully saturated rings. The van der Waals surface area contributed by atoms with Gasteiger partial charge in [-0.3, -0.25) is 0 Å². The Kier molecular flexibility index (Phi) is 2.72. The van der Waals surface area contributed by atoms with Crippen molar-refractivity contribution < 1.29 is 4.74 Å². The van der Waals surface area contributed by atoms with Crippen LogP contribution in [0.1, 0.15) is 6.42 Å². The first-order valence-corrected chi connectivity index (χ1v) is 6.19. The van der Waals surface area contributed by atoms with Crippen molar-refractivity contribution in [3.05, 3.63) is 11.1 Å². The molecule has 6 heteroatoms. The minimum Gasteiger partial charge on any atom is -0.490 e. The number of halogens is 1. The first-order valence-electron chi connectivity index (χ1n) is 5.82. The molecule has 3 N–H and O–H groups in total. The van der Waals surface area contributed by atoms with E-state index in [9.17, 15) is 0 Å². The predicted octanol–water partition coefficient (Wildman–Crippen LogP) is 0.878. The number of pyridine rings is 1. The van der Waals surface area contributed by atoms with Crippen LogP contribution in [0.3, 0.4) is 0 Å². The van der Waals surface area contributed by atoms with Gasteiger partial charge in [0.1, 0.15) is 5.82 Å². The number of rotatable bonds is 0. The summed E-state index contributed by atoms with van der Waals surface area (Å²) in [6.07, 6.45) is 0.987. The van der Waals surface area contributed by atoms with Gasteiger partial charge < -0.3 is 20.7 Å². The van der Waals surface area contributed by atoms with E-state index in [0.29, 0.717) is 23.5 Å². The summed E-state index contributed by atoms with van der Waals surface area (Å²) in [5, 5.41) is 3.84. The van der Waals surface area contributed by atoms with Gasteiger partial charge in [0, 0.05) is 38.2 Å². The molecular formula is C11H15ClN4O. The van der Waals surface area contributed by atoms with Gasteiger partial charge in [-0.2, -0.15) is 0 Å². The van der Waals surface area contributed by atoms with Crippen molar-refractivity contribution in [1.29, 1.82) is 0 Å². The molecule has 0 unspecified atom stereocenters. The molecule has 17 heavy (non-hydrogen) atoms. The SMILES string of the molecule is Nc1nc2c(cc1Cl)OCC[C@H]1CNCCN21. The molecule has 92 valence electrons. The summed E-state index contributed by atoms with van der Waals surface area (Å²) < 4.78 is 5.70. The molecular weight excluding hydrogens is 240 g/mol. The largest absolute Gasteiger partial charge is 0.490 e. The van der Waals surface area contributed by atoms with E-state index in [1.165, 1.54) is 0 Å². The molecule has 2 aliphatic rings. The number of nitrogens with one attached hydrogen (secondary N) is 1. The highest BCUT2D eigenvalue weighted by Gasteiger charge is 2.29. The van der Waals surface area contributed by atoms with Crippen LogP contribution in [0.15, 0.2) is 6.07 Å². The van der Waals surface area contributed by atoms with Crippen molar-refractivity contribution in [3.8, 4) is 5.75 Å². The molecule has 1 atom stereocenters. The van der Waals surface area contributed by atoms with E-state index in [2.05, 4.69) is 15.2 Å². The van der Waals surface area contributed by atoms with Gasteiger partial charge in [-0.05, 0) is 0 Å². The van der Waals surface area contributed by atoms with Crippen LogP contribution in [-0.4, -0.2) is 37.3 Å². The van der Waals surface area contributed by atoms with Crippen LogP contribution in [0.2, 0.25) is 5.02 Å². The fraction of sp³-hybridized carbons (Fsp3) is 0.545. The summed E-state index contributed by atoms with van der Waals surface area (Å²) in [5.41, 5.74) is 5.78. The third-order valence-corrected chi connectivity index (χ3v) is 3.58. The molecule has 0 spiro atoms. The fourth-order valence-electron chi connectivity index (χ4n) is 2.39. The average Bonchev–Trinajstić information content (AvgIpc) is 2.50. The second-order valence-electron chi connectivity index (χ2n) is 4.37. The Balaban J connectivity index is 2.05. The average molecular weight is 255 g/mol. The molecule has 1 aromatic heterocycles. The Morgan fingerprint density at radius 3 is 3.35 bits per heavy atom. The van der Waals surface area contributed by atoms with Gasteiger partial charge in [0.2, 0.25) is 0 Å². The highest BCUT2D eigenvalue weighted by atomic mass is 35.5. The van der Waals surface area contributed by atoms with Crippen molar-refractivity contribution in [2.24, 2.45) is 0 Å². The Morgan fingerprint density at radius 2 is 2.47 bits per heavy atom. The number of piperazine rings is 1. The van der Waals surface area contributed by atoms with Crippen LogP contribution in [-0.2, 0) is 0 Å². The molecule has 3 rings (SSSR count). The normalized spacial score (nSPS) is 23.4. The van der Waals surface area contributed by atoms with Gasteiger partial charge in [-0.1, -0.05) is 11.6 Å². The van der Waals surface area contributed by atoms with Gasteiger partial charge in [0.15, 0.2) is 11.6 Å². The van der Waals surface area contributed by atoms with E-state index in [0.717, 1.165) is 37.6 Å². The molecule has 0 saturated carbocycles.